The molecule has 9 heteroatoms. The average Bonchev–Trinajstić information content (AvgIpc) is 2.90. The molecule has 4 rings (SSSR count). The lowest BCUT2D eigenvalue weighted by molar-refractivity contribution is 0.0747. The maximum absolute atomic E-state index is 13.3. The van der Waals surface area contributed by atoms with Crippen LogP contribution in [0.5, 0.6) is 5.75 Å². The first-order valence-electron chi connectivity index (χ1n) is 7.89. The first-order valence-corrected chi connectivity index (χ1v) is 8.27. The van der Waals surface area contributed by atoms with Gasteiger partial charge in [0.15, 0.2) is 11.4 Å². The van der Waals surface area contributed by atoms with Gasteiger partial charge in [0, 0.05) is 20.1 Å². The number of hydrogen-bond donors (Lipinski definition) is 1. The molecule has 0 spiro atoms. The van der Waals surface area contributed by atoms with E-state index >= 15 is 0 Å². The van der Waals surface area contributed by atoms with Crippen LogP contribution in [-0.4, -0.2) is 43.9 Å². The zero-order chi connectivity index (χ0) is 18.6. The SMILES string of the molecule is CN1CCn2c(c(O)c3c(=O)n(Cc4ccc(F)c(Cl)c4)ncc32)C1=O. The summed E-state index contributed by atoms with van der Waals surface area (Å²) in [6, 6.07) is 4.13. The van der Waals surface area contributed by atoms with Gasteiger partial charge in [-0.3, -0.25) is 9.59 Å². The fraction of sp³-hybridized carbons (Fsp3) is 0.235. The van der Waals surface area contributed by atoms with Crippen molar-refractivity contribution in [2.45, 2.75) is 13.1 Å². The van der Waals surface area contributed by atoms with Crippen LogP contribution in [-0.2, 0) is 13.1 Å². The molecule has 1 aliphatic heterocycles. The molecule has 0 atom stereocenters. The van der Waals surface area contributed by atoms with Crippen LogP contribution in [0.1, 0.15) is 16.1 Å². The molecular weight excluding hydrogens is 363 g/mol. The Balaban J connectivity index is 1.85. The third-order valence-electron chi connectivity index (χ3n) is 4.57. The van der Waals surface area contributed by atoms with Crippen molar-refractivity contribution in [2.75, 3.05) is 13.6 Å². The van der Waals surface area contributed by atoms with E-state index in [1.165, 1.54) is 29.3 Å². The van der Waals surface area contributed by atoms with Crippen LogP contribution in [0.4, 0.5) is 4.39 Å². The molecule has 0 saturated carbocycles. The van der Waals surface area contributed by atoms with E-state index in [-0.39, 0.29) is 34.3 Å². The molecule has 26 heavy (non-hydrogen) atoms. The van der Waals surface area contributed by atoms with Gasteiger partial charge in [0.1, 0.15) is 11.2 Å². The second kappa shape index (κ2) is 5.84. The molecule has 1 amide bonds. The highest BCUT2D eigenvalue weighted by Gasteiger charge is 2.30. The molecular formula is C17H14ClFN4O3. The molecule has 0 unspecified atom stereocenters. The molecule has 0 bridgehead atoms. The Labute approximate surface area is 151 Å². The third-order valence-corrected chi connectivity index (χ3v) is 4.86. The van der Waals surface area contributed by atoms with Gasteiger partial charge in [-0.25, -0.2) is 9.07 Å². The number of nitrogens with zero attached hydrogens (tertiary/aromatic N) is 4. The number of carbonyl (C=O) groups excluding carboxylic acids is 1. The number of benzene rings is 1. The topological polar surface area (TPSA) is 80.4 Å². The van der Waals surface area contributed by atoms with Crippen molar-refractivity contribution < 1.29 is 14.3 Å². The minimum absolute atomic E-state index is 0.0480. The Bertz CT molecular complexity index is 1120. The van der Waals surface area contributed by atoms with E-state index in [4.69, 9.17) is 11.6 Å². The summed E-state index contributed by atoms with van der Waals surface area (Å²) in [5.41, 5.74) is 0.565. The van der Waals surface area contributed by atoms with Gasteiger partial charge in [0.2, 0.25) is 0 Å². The van der Waals surface area contributed by atoms with Crippen LogP contribution in [0, 0.1) is 5.82 Å². The Morgan fingerprint density at radius 3 is 2.81 bits per heavy atom. The molecule has 0 fully saturated rings. The van der Waals surface area contributed by atoms with Crippen molar-refractivity contribution in [1.82, 2.24) is 19.2 Å². The number of aromatic hydroxyl groups is 1. The number of rotatable bonds is 2. The van der Waals surface area contributed by atoms with E-state index in [2.05, 4.69) is 5.10 Å². The molecule has 134 valence electrons. The zero-order valence-electron chi connectivity index (χ0n) is 13.7. The van der Waals surface area contributed by atoms with Crippen molar-refractivity contribution in [3.05, 3.63) is 56.8 Å². The van der Waals surface area contributed by atoms with Gasteiger partial charge in [0.05, 0.1) is 23.3 Å². The normalized spacial score (nSPS) is 14.1. The van der Waals surface area contributed by atoms with Crippen molar-refractivity contribution in [3.8, 4) is 5.75 Å². The summed E-state index contributed by atoms with van der Waals surface area (Å²) in [6.45, 7) is 1.00. The van der Waals surface area contributed by atoms with Crippen LogP contribution >= 0.6 is 11.6 Å². The highest BCUT2D eigenvalue weighted by atomic mass is 35.5. The van der Waals surface area contributed by atoms with E-state index in [0.29, 0.717) is 24.2 Å². The molecule has 3 aromatic rings. The van der Waals surface area contributed by atoms with Crippen LogP contribution in [0.3, 0.4) is 0 Å². The number of aromatic nitrogens is 3. The largest absolute Gasteiger partial charge is 0.505 e. The van der Waals surface area contributed by atoms with Crippen LogP contribution in [0.25, 0.3) is 10.9 Å². The molecule has 0 aliphatic carbocycles. The first-order chi connectivity index (χ1) is 12.4. The summed E-state index contributed by atoms with van der Waals surface area (Å²) in [5, 5.41) is 14.6. The Morgan fingerprint density at radius 1 is 1.31 bits per heavy atom. The summed E-state index contributed by atoms with van der Waals surface area (Å²) in [4.78, 5) is 26.6. The molecule has 3 heterocycles. The lowest BCUT2D eigenvalue weighted by atomic mass is 10.2. The molecule has 1 aliphatic rings. The molecule has 0 saturated heterocycles. The number of likely N-dealkylation sites (N-methyl/N-ethyl adjacent to an activating group) is 1. The van der Waals surface area contributed by atoms with Gasteiger partial charge in [-0.15, -0.1) is 0 Å². The van der Waals surface area contributed by atoms with Gasteiger partial charge in [0.25, 0.3) is 11.5 Å². The maximum Gasteiger partial charge on any atom is 0.280 e. The van der Waals surface area contributed by atoms with Gasteiger partial charge in [-0.05, 0) is 17.7 Å². The van der Waals surface area contributed by atoms with Crippen LogP contribution in [0.2, 0.25) is 5.02 Å². The third kappa shape index (κ3) is 2.37. The fourth-order valence-electron chi connectivity index (χ4n) is 3.18. The number of amides is 1. The van der Waals surface area contributed by atoms with Crippen molar-refractivity contribution >= 4 is 28.4 Å². The number of hydrogen-bond acceptors (Lipinski definition) is 4. The smallest absolute Gasteiger partial charge is 0.280 e. The van der Waals surface area contributed by atoms with Crippen molar-refractivity contribution in [3.63, 3.8) is 0 Å². The van der Waals surface area contributed by atoms with Crippen LogP contribution < -0.4 is 5.56 Å². The Kier molecular flexibility index (Phi) is 3.73. The quantitative estimate of drug-likeness (QED) is 0.740. The minimum atomic E-state index is -0.549. The molecule has 7 nitrogen and oxygen atoms in total. The van der Waals surface area contributed by atoms with Gasteiger partial charge in [-0.2, -0.15) is 5.10 Å². The van der Waals surface area contributed by atoms with Gasteiger partial charge in [-0.1, -0.05) is 17.7 Å². The predicted octanol–water partition coefficient (Wildman–Crippen LogP) is 1.83. The van der Waals surface area contributed by atoms with E-state index in [0.717, 1.165) is 4.68 Å². The summed E-state index contributed by atoms with van der Waals surface area (Å²) in [6.07, 6.45) is 1.45. The van der Waals surface area contributed by atoms with E-state index < -0.39 is 11.4 Å². The number of fused-ring (bicyclic) bond motifs is 3. The summed E-state index contributed by atoms with van der Waals surface area (Å²) in [5.74, 6) is -1.23. The molecule has 2 aromatic heterocycles. The highest BCUT2D eigenvalue weighted by Crippen LogP contribution is 2.32. The van der Waals surface area contributed by atoms with Crippen molar-refractivity contribution in [1.29, 1.82) is 0 Å². The molecule has 1 N–H and O–H groups in total. The Morgan fingerprint density at radius 2 is 2.08 bits per heavy atom. The Hall–Kier alpha value is -2.87. The van der Waals surface area contributed by atoms with E-state index in [1.54, 1.807) is 11.6 Å². The second-order valence-corrected chi connectivity index (χ2v) is 6.60. The first kappa shape index (κ1) is 16.6. The fourth-order valence-corrected chi connectivity index (χ4v) is 3.38. The lowest BCUT2D eigenvalue weighted by Crippen LogP contribution is -2.36. The average molecular weight is 377 g/mol. The lowest BCUT2D eigenvalue weighted by Gasteiger charge is -2.24. The molecule has 1 aromatic carbocycles. The predicted molar refractivity (Wildman–Crippen MR) is 93.1 cm³/mol. The van der Waals surface area contributed by atoms with E-state index in [1.807, 2.05) is 0 Å². The number of carbonyl (C=O) groups is 1. The van der Waals surface area contributed by atoms with Gasteiger partial charge >= 0.3 is 0 Å². The van der Waals surface area contributed by atoms with E-state index in [9.17, 15) is 19.1 Å². The maximum atomic E-state index is 13.3. The standard InChI is InChI=1S/C17H14ClFN4O3/c1-21-4-5-22-12-7-20-23(8-9-2-3-11(19)10(18)6-9)16(25)13(12)15(24)14(22)17(21)26/h2-3,6-7,24H,4-5,8H2,1H3. The zero-order valence-corrected chi connectivity index (χ0v) is 14.5. The van der Waals surface area contributed by atoms with Gasteiger partial charge < -0.3 is 14.6 Å². The molecule has 0 radical (unpaired) electrons. The number of halogens is 2. The monoisotopic (exact) mass is 376 g/mol. The minimum Gasteiger partial charge on any atom is -0.505 e. The highest BCUT2D eigenvalue weighted by molar-refractivity contribution is 6.30. The van der Waals surface area contributed by atoms with Crippen molar-refractivity contribution in [2.24, 2.45) is 0 Å². The summed E-state index contributed by atoms with van der Waals surface area (Å²) >= 11 is 5.77. The summed E-state index contributed by atoms with van der Waals surface area (Å²) < 4.78 is 16.0. The summed E-state index contributed by atoms with van der Waals surface area (Å²) in [7, 11) is 1.64. The second-order valence-electron chi connectivity index (χ2n) is 6.19. The van der Waals surface area contributed by atoms with Crippen LogP contribution in [0.15, 0.2) is 29.2 Å².